The highest BCUT2D eigenvalue weighted by atomic mass is 32.1. The first-order valence-corrected chi connectivity index (χ1v) is 7.68. The van der Waals surface area contributed by atoms with Gasteiger partial charge in [-0.25, -0.2) is 14.6 Å². The van der Waals surface area contributed by atoms with Crippen LogP contribution in [0.1, 0.15) is 30.8 Å². The second kappa shape index (κ2) is 8.98. The molecule has 0 aliphatic heterocycles. The highest BCUT2D eigenvalue weighted by Crippen LogP contribution is 2.16. The summed E-state index contributed by atoms with van der Waals surface area (Å²) in [4.78, 5) is 38.0. The molecule has 1 aromatic rings. The highest BCUT2D eigenvalue weighted by molar-refractivity contribution is 7.13. The fourth-order valence-electron chi connectivity index (χ4n) is 1.35. The van der Waals surface area contributed by atoms with Gasteiger partial charge in [0.25, 0.3) is 5.91 Å². The maximum absolute atomic E-state index is 11.7. The van der Waals surface area contributed by atoms with E-state index in [1.165, 1.54) is 18.4 Å². The lowest BCUT2D eigenvalue weighted by Gasteiger charge is -2.05. The topological polar surface area (TPSA) is 109 Å². The molecule has 0 aliphatic carbocycles. The van der Waals surface area contributed by atoms with Gasteiger partial charge >= 0.3 is 12.0 Å². The Bertz CT molecular complexity index is 530. The predicted molar refractivity (Wildman–Crippen MR) is 82.9 cm³/mol. The molecule has 1 aromatic heterocycles. The largest absolute Gasteiger partial charge is 0.451 e. The summed E-state index contributed by atoms with van der Waals surface area (Å²) in [5.74, 6) is -0.839. The monoisotopic (exact) mass is 328 g/mol. The van der Waals surface area contributed by atoms with E-state index in [0.717, 1.165) is 13.0 Å². The Kier molecular flexibility index (Phi) is 7.30. The van der Waals surface area contributed by atoms with Crippen LogP contribution in [0.2, 0.25) is 0 Å². The summed E-state index contributed by atoms with van der Waals surface area (Å²) in [7, 11) is 1.37. The summed E-state index contributed by atoms with van der Waals surface area (Å²) >= 11 is 1.29. The molecule has 0 aliphatic rings. The van der Waals surface area contributed by atoms with E-state index in [2.05, 4.69) is 29.5 Å². The minimum atomic E-state index is -0.710. The maximum Gasteiger partial charge on any atom is 0.358 e. The number of amides is 3. The first-order valence-electron chi connectivity index (χ1n) is 6.80. The van der Waals surface area contributed by atoms with Crippen molar-refractivity contribution in [3.05, 3.63) is 11.1 Å². The van der Waals surface area contributed by atoms with Gasteiger partial charge in [-0.1, -0.05) is 13.8 Å². The average Bonchev–Trinajstić information content (AvgIpc) is 2.93. The molecule has 0 atom stereocenters. The van der Waals surface area contributed by atoms with Gasteiger partial charge in [-0.15, -0.1) is 11.3 Å². The number of nitrogens with one attached hydrogen (secondary N) is 3. The zero-order valence-electron chi connectivity index (χ0n) is 12.8. The predicted octanol–water partition coefficient (Wildman–Crippen LogP) is 1.21. The van der Waals surface area contributed by atoms with Gasteiger partial charge in [-0.3, -0.25) is 10.1 Å². The zero-order valence-corrected chi connectivity index (χ0v) is 13.6. The van der Waals surface area contributed by atoms with E-state index in [0.29, 0.717) is 11.0 Å². The van der Waals surface area contributed by atoms with Crippen molar-refractivity contribution in [1.82, 2.24) is 15.6 Å². The number of hydrogen-bond donors (Lipinski definition) is 3. The molecule has 1 rings (SSSR count). The van der Waals surface area contributed by atoms with Gasteiger partial charge in [0.1, 0.15) is 0 Å². The molecule has 9 heteroatoms. The fraction of sp³-hybridized carbons (Fsp3) is 0.538. The van der Waals surface area contributed by atoms with E-state index in [1.54, 1.807) is 5.38 Å². The number of imide groups is 1. The summed E-state index contributed by atoms with van der Waals surface area (Å²) in [5.41, 5.74) is 0.129. The SMILES string of the molecule is CNC(=O)NC(=O)COC(=O)c1csc(NCCC(C)C)n1. The van der Waals surface area contributed by atoms with Crippen LogP contribution in [0.25, 0.3) is 0 Å². The molecule has 122 valence electrons. The maximum atomic E-state index is 11.7. The molecular formula is C13H20N4O4S. The van der Waals surface area contributed by atoms with E-state index in [4.69, 9.17) is 4.74 Å². The molecular weight excluding hydrogens is 308 g/mol. The smallest absolute Gasteiger partial charge is 0.358 e. The van der Waals surface area contributed by atoms with Gasteiger partial charge < -0.3 is 15.4 Å². The molecule has 0 fully saturated rings. The number of carbonyl (C=O) groups excluding carboxylic acids is 3. The quantitative estimate of drug-likeness (QED) is 0.649. The number of nitrogens with zero attached hydrogens (tertiary/aromatic N) is 1. The van der Waals surface area contributed by atoms with E-state index in [1.807, 2.05) is 5.32 Å². The Balaban J connectivity index is 2.38. The molecule has 22 heavy (non-hydrogen) atoms. The number of ether oxygens (including phenoxy) is 1. The number of rotatable bonds is 7. The van der Waals surface area contributed by atoms with Crippen LogP contribution in [0, 0.1) is 5.92 Å². The lowest BCUT2D eigenvalue weighted by molar-refractivity contribution is -0.123. The zero-order chi connectivity index (χ0) is 16.5. The van der Waals surface area contributed by atoms with Crippen LogP contribution >= 0.6 is 11.3 Å². The van der Waals surface area contributed by atoms with Crippen molar-refractivity contribution in [2.75, 3.05) is 25.5 Å². The van der Waals surface area contributed by atoms with Crippen LogP contribution in [0.4, 0.5) is 9.93 Å². The van der Waals surface area contributed by atoms with E-state index in [9.17, 15) is 14.4 Å². The number of esters is 1. The summed E-state index contributed by atoms with van der Waals surface area (Å²) < 4.78 is 4.78. The van der Waals surface area contributed by atoms with Crippen LogP contribution < -0.4 is 16.0 Å². The van der Waals surface area contributed by atoms with E-state index >= 15 is 0 Å². The van der Waals surface area contributed by atoms with Crippen LogP contribution in [-0.4, -0.2) is 43.1 Å². The standard InChI is InChI=1S/C13H20N4O4S/c1-8(2)4-5-15-13-16-9(7-22-13)11(19)21-6-10(18)17-12(20)14-3/h7-8H,4-6H2,1-3H3,(H,15,16)(H2,14,17,18,20). The van der Waals surface area contributed by atoms with Crippen molar-refractivity contribution in [1.29, 1.82) is 0 Å². The number of carbonyl (C=O) groups is 3. The van der Waals surface area contributed by atoms with Gasteiger partial charge in [0.05, 0.1) is 0 Å². The highest BCUT2D eigenvalue weighted by Gasteiger charge is 2.15. The minimum Gasteiger partial charge on any atom is -0.451 e. The third kappa shape index (κ3) is 6.53. The van der Waals surface area contributed by atoms with Crippen molar-refractivity contribution in [2.24, 2.45) is 5.92 Å². The Labute approximate surface area is 132 Å². The third-order valence-corrected chi connectivity index (χ3v) is 3.33. The molecule has 1 heterocycles. The molecule has 0 unspecified atom stereocenters. The van der Waals surface area contributed by atoms with Crippen LogP contribution in [0.15, 0.2) is 5.38 Å². The molecule has 3 amide bonds. The van der Waals surface area contributed by atoms with Crippen molar-refractivity contribution < 1.29 is 19.1 Å². The molecule has 0 radical (unpaired) electrons. The second-order valence-corrected chi connectivity index (χ2v) is 5.71. The summed E-state index contributed by atoms with van der Waals surface area (Å²) in [6.45, 7) is 4.47. The summed E-state index contributed by atoms with van der Waals surface area (Å²) in [6, 6.07) is -0.661. The van der Waals surface area contributed by atoms with Crippen molar-refractivity contribution in [2.45, 2.75) is 20.3 Å². The Hall–Kier alpha value is -2.16. The number of thiazole rings is 1. The summed E-state index contributed by atoms with van der Waals surface area (Å²) in [6.07, 6.45) is 0.999. The lowest BCUT2D eigenvalue weighted by Crippen LogP contribution is -2.39. The molecule has 3 N–H and O–H groups in total. The number of urea groups is 1. The van der Waals surface area contributed by atoms with Crippen LogP contribution in [0.5, 0.6) is 0 Å². The summed E-state index contributed by atoms with van der Waals surface area (Å²) in [5, 5.41) is 9.50. The fourth-order valence-corrected chi connectivity index (χ4v) is 2.06. The molecule has 0 saturated carbocycles. The Morgan fingerprint density at radius 1 is 1.36 bits per heavy atom. The Morgan fingerprint density at radius 3 is 2.73 bits per heavy atom. The lowest BCUT2D eigenvalue weighted by atomic mass is 10.1. The van der Waals surface area contributed by atoms with Crippen molar-refractivity contribution in [3.8, 4) is 0 Å². The Morgan fingerprint density at radius 2 is 2.09 bits per heavy atom. The van der Waals surface area contributed by atoms with Gasteiger partial charge in [0.15, 0.2) is 17.4 Å². The van der Waals surface area contributed by atoms with Gasteiger partial charge in [0.2, 0.25) is 0 Å². The minimum absolute atomic E-state index is 0.129. The van der Waals surface area contributed by atoms with Gasteiger partial charge in [0, 0.05) is 19.0 Å². The number of anilines is 1. The first-order chi connectivity index (χ1) is 10.4. The van der Waals surface area contributed by atoms with Crippen LogP contribution in [-0.2, 0) is 9.53 Å². The first kappa shape index (κ1) is 17.9. The molecule has 0 bridgehead atoms. The van der Waals surface area contributed by atoms with Gasteiger partial charge in [-0.05, 0) is 12.3 Å². The molecule has 0 spiro atoms. The van der Waals surface area contributed by atoms with Crippen LogP contribution in [0.3, 0.4) is 0 Å². The van der Waals surface area contributed by atoms with Gasteiger partial charge in [-0.2, -0.15) is 0 Å². The van der Waals surface area contributed by atoms with E-state index < -0.39 is 24.5 Å². The number of aromatic nitrogens is 1. The van der Waals surface area contributed by atoms with Crippen molar-refractivity contribution >= 4 is 34.4 Å². The molecule has 8 nitrogen and oxygen atoms in total. The number of hydrogen-bond acceptors (Lipinski definition) is 7. The third-order valence-electron chi connectivity index (χ3n) is 2.53. The van der Waals surface area contributed by atoms with E-state index in [-0.39, 0.29) is 5.69 Å². The second-order valence-electron chi connectivity index (χ2n) is 4.85. The average molecular weight is 328 g/mol. The van der Waals surface area contributed by atoms with Crippen molar-refractivity contribution in [3.63, 3.8) is 0 Å². The molecule has 0 saturated heterocycles. The normalized spacial score (nSPS) is 10.2. The molecule has 0 aromatic carbocycles.